The monoisotopic (exact) mass is 223 g/mol. The van der Waals surface area contributed by atoms with Gasteiger partial charge >= 0.3 is 0 Å². The molecule has 1 fully saturated rings. The van der Waals surface area contributed by atoms with Gasteiger partial charge in [-0.05, 0) is 55.8 Å². The number of rotatable bonds is 5. The molecule has 0 radical (unpaired) electrons. The Kier molecular flexibility index (Phi) is 3.44. The third-order valence-corrected chi connectivity index (χ3v) is 3.13. The lowest BCUT2D eigenvalue weighted by molar-refractivity contribution is 0.321. The lowest BCUT2D eigenvalue weighted by Gasteiger charge is -2.15. The molecular weight excluding hydrogens is 205 g/mol. The van der Waals surface area contributed by atoms with Crippen LogP contribution < -0.4 is 10.5 Å². The molecular formula is C13H18FNO. The van der Waals surface area contributed by atoms with Crippen LogP contribution >= 0.6 is 0 Å². The molecule has 1 aliphatic rings. The highest BCUT2D eigenvalue weighted by Gasteiger charge is 2.31. The van der Waals surface area contributed by atoms with Crippen molar-refractivity contribution in [3.63, 3.8) is 0 Å². The van der Waals surface area contributed by atoms with Gasteiger partial charge in [0.15, 0.2) is 11.6 Å². The van der Waals surface area contributed by atoms with Crippen molar-refractivity contribution in [1.82, 2.24) is 0 Å². The second-order valence-corrected chi connectivity index (χ2v) is 4.30. The largest absolute Gasteiger partial charge is 0.491 e. The molecule has 1 saturated carbocycles. The van der Waals surface area contributed by atoms with Crippen molar-refractivity contribution in [2.24, 2.45) is 11.7 Å². The average molecular weight is 223 g/mol. The molecule has 2 rings (SSSR count). The maximum atomic E-state index is 13.7. The summed E-state index contributed by atoms with van der Waals surface area (Å²) in [5.74, 6) is 1.02. The minimum absolute atomic E-state index is 0.279. The first kappa shape index (κ1) is 11.4. The van der Waals surface area contributed by atoms with Crippen molar-refractivity contribution >= 4 is 0 Å². The van der Waals surface area contributed by atoms with Crippen molar-refractivity contribution < 1.29 is 9.13 Å². The first-order chi connectivity index (χ1) is 7.76. The molecule has 2 nitrogen and oxygen atoms in total. The van der Waals surface area contributed by atoms with Gasteiger partial charge in [0, 0.05) is 0 Å². The lowest BCUT2D eigenvalue weighted by atomic mass is 9.94. The number of hydrogen-bond donors (Lipinski definition) is 1. The van der Waals surface area contributed by atoms with Crippen molar-refractivity contribution in [2.45, 2.75) is 25.7 Å². The van der Waals surface area contributed by atoms with Crippen LogP contribution in [-0.4, -0.2) is 13.2 Å². The summed E-state index contributed by atoms with van der Waals surface area (Å²) in [6.45, 7) is 2.93. The van der Waals surface area contributed by atoms with Crippen LogP contribution in [0.25, 0.3) is 0 Å². The van der Waals surface area contributed by atoms with Crippen LogP contribution in [0, 0.1) is 11.7 Å². The van der Waals surface area contributed by atoms with E-state index in [1.54, 1.807) is 12.1 Å². The van der Waals surface area contributed by atoms with E-state index in [2.05, 4.69) is 0 Å². The summed E-state index contributed by atoms with van der Waals surface area (Å²) < 4.78 is 18.8. The zero-order chi connectivity index (χ0) is 11.5. The summed E-state index contributed by atoms with van der Waals surface area (Å²) in [5.41, 5.74) is 6.74. The molecule has 3 heteroatoms. The van der Waals surface area contributed by atoms with Gasteiger partial charge in [-0.15, -0.1) is 0 Å². The fraction of sp³-hybridized carbons (Fsp3) is 0.538. The molecule has 0 heterocycles. The Bertz CT molecular complexity index is 363. The van der Waals surface area contributed by atoms with Gasteiger partial charge in [0.2, 0.25) is 0 Å². The molecule has 0 spiro atoms. The van der Waals surface area contributed by atoms with Crippen LogP contribution in [0.4, 0.5) is 4.39 Å². The first-order valence-corrected chi connectivity index (χ1v) is 5.88. The number of ether oxygens (including phenoxy) is 1. The number of halogens is 1. The van der Waals surface area contributed by atoms with Crippen LogP contribution in [0.15, 0.2) is 18.2 Å². The van der Waals surface area contributed by atoms with E-state index in [-0.39, 0.29) is 5.82 Å². The van der Waals surface area contributed by atoms with Gasteiger partial charge in [-0.3, -0.25) is 0 Å². The Morgan fingerprint density at radius 3 is 2.75 bits per heavy atom. The Hall–Kier alpha value is -1.09. The standard InChI is InChI=1S/C13H18FNO/c1-2-16-13-6-5-10(7-12(13)14)11(8-15)9-3-4-9/h5-7,9,11H,2-4,8,15H2,1H3. The summed E-state index contributed by atoms with van der Waals surface area (Å²) in [6, 6.07) is 5.21. The predicted molar refractivity (Wildman–Crippen MR) is 62.1 cm³/mol. The van der Waals surface area contributed by atoms with Gasteiger partial charge in [0.25, 0.3) is 0 Å². The van der Waals surface area contributed by atoms with E-state index in [4.69, 9.17) is 10.5 Å². The van der Waals surface area contributed by atoms with Crippen molar-refractivity contribution in [2.75, 3.05) is 13.2 Å². The van der Waals surface area contributed by atoms with E-state index in [1.807, 2.05) is 13.0 Å². The summed E-state index contributed by atoms with van der Waals surface area (Å²) in [6.07, 6.45) is 2.44. The second-order valence-electron chi connectivity index (χ2n) is 4.30. The zero-order valence-corrected chi connectivity index (χ0v) is 9.58. The smallest absolute Gasteiger partial charge is 0.165 e. The maximum Gasteiger partial charge on any atom is 0.165 e. The first-order valence-electron chi connectivity index (χ1n) is 5.88. The van der Waals surface area contributed by atoms with E-state index in [1.165, 1.54) is 12.8 Å². The lowest BCUT2D eigenvalue weighted by Crippen LogP contribution is -2.14. The predicted octanol–water partition coefficient (Wildman–Crippen LogP) is 2.68. The minimum atomic E-state index is -0.279. The van der Waals surface area contributed by atoms with Crippen LogP contribution in [0.2, 0.25) is 0 Å². The molecule has 88 valence electrons. The van der Waals surface area contributed by atoms with Gasteiger partial charge in [0.05, 0.1) is 6.61 Å². The molecule has 0 aliphatic heterocycles. The van der Waals surface area contributed by atoms with Gasteiger partial charge in [-0.25, -0.2) is 4.39 Å². The average Bonchev–Trinajstić information content (AvgIpc) is 3.07. The van der Waals surface area contributed by atoms with Gasteiger partial charge < -0.3 is 10.5 Å². The van der Waals surface area contributed by atoms with Crippen molar-refractivity contribution in [3.8, 4) is 5.75 Å². The van der Waals surface area contributed by atoms with E-state index in [0.717, 1.165) is 5.56 Å². The molecule has 2 N–H and O–H groups in total. The zero-order valence-electron chi connectivity index (χ0n) is 9.58. The quantitative estimate of drug-likeness (QED) is 0.833. The topological polar surface area (TPSA) is 35.2 Å². The molecule has 1 atom stereocenters. The minimum Gasteiger partial charge on any atom is -0.491 e. The Morgan fingerprint density at radius 1 is 1.50 bits per heavy atom. The SMILES string of the molecule is CCOc1ccc(C(CN)C2CC2)cc1F. The Balaban J connectivity index is 2.18. The van der Waals surface area contributed by atoms with Crippen molar-refractivity contribution in [1.29, 1.82) is 0 Å². The van der Waals surface area contributed by atoms with Crippen LogP contribution in [0.5, 0.6) is 5.75 Å². The summed E-state index contributed by atoms with van der Waals surface area (Å²) in [7, 11) is 0. The molecule has 1 unspecified atom stereocenters. The van der Waals surface area contributed by atoms with Crippen molar-refractivity contribution in [3.05, 3.63) is 29.6 Å². The Morgan fingerprint density at radius 2 is 2.25 bits per heavy atom. The maximum absolute atomic E-state index is 13.7. The van der Waals surface area contributed by atoms with Gasteiger partial charge in [-0.2, -0.15) is 0 Å². The molecule has 0 bridgehead atoms. The molecule has 0 amide bonds. The fourth-order valence-electron chi connectivity index (χ4n) is 2.12. The molecule has 0 aromatic heterocycles. The van der Waals surface area contributed by atoms with Crippen LogP contribution in [0.1, 0.15) is 31.2 Å². The highest BCUT2D eigenvalue weighted by atomic mass is 19.1. The Labute approximate surface area is 95.6 Å². The highest BCUT2D eigenvalue weighted by molar-refractivity contribution is 5.32. The number of benzene rings is 1. The van der Waals surface area contributed by atoms with E-state index in [9.17, 15) is 4.39 Å². The third kappa shape index (κ3) is 2.35. The normalized spacial score (nSPS) is 17.2. The summed E-state index contributed by atoms with van der Waals surface area (Å²) >= 11 is 0. The fourth-order valence-corrected chi connectivity index (χ4v) is 2.12. The van der Waals surface area contributed by atoms with Crippen LogP contribution in [-0.2, 0) is 0 Å². The van der Waals surface area contributed by atoms with E-state index < -0.39 is 0 Å². The third-order valence-electron chi connectivity index (χ3n) is 3.13. The van der Waals surface area contributed by atoms with E-state index >= 15 is 0 Å². The van der Waals surface area contributed by atoms with E-state index in [0.29, 0.717) is 30.7 Å². The molecule has 1 aliphatic carbocycles. The number of hydrogen-bond acceptors (Lipinski definition) is 2. The summed E-state index contributed by atoms with van der Waals surface area (Å²) in [5, 5.41) is 0. The number of nitrogens with two attached hydrogens (primary N) is 1. The molecule has 0 saturated heterocycles. The van der Waals surface area contributed by atoms with Gasteiger partial charge in [-0.1, -0.05) is 6.07 Å². The molecule has 16 heavy (non-hydrogen) atoms. The van der Waals surface area contributed by atoms with Gasteiger partial charge in [0.1, 0.15) is 0 Å². The highest BCUT2D eigenvalue weighted by Crippen LogP contribution is 2.42. The molecule has 1 aromatic carbocycles. The second kappa shape index (κ2) is 4.83. The summed E-state index contributed by atoms with van der Waals surface area (Å²) in [4.78, 5) is 0. The van der Waals surface area contributed by atoms with Crippen LogP contribution in [0.3, 0.4) is 0 Å². The molecule has 1 aromatic rings.